The zero-order valence-corrected chi connectivity index (χ0v) is 15.3. The monoisotopic (exact) mass is 366 g/mol. The van der Waals surface area contributed by atoms with Crippen molar-refractivity contribution in [3.05, 3.63) is 23.8 Å². The minimum Gasteiger partial charge on any atom is -0.486 e. The lowest BCUT2D eigenvalue weighted by atomic mass is 9.87. The van der Waals surface area contributed by atoms with E-state index in [0.717, 1.165) is 55.7 Å². The normalized spacial score (nSPS) is 23.8. The van der Waals surface area contributed by atoms with Gasteiger partial charge < -0.3 is 20.1 Å². The second-order valence-electron chi connectivity index (χ2n) is 7.19. The summed E-state index contributed by atoms with van der Waals surface area (Å²) in [7, 11) is 0. The maximum absolute atomic E-state index is 12.6. The van der Waals surface area contributed by atoms with Gasteiger partial charge in [0.2, 0.25) is 5.91 Å². The first-order valence-corrected chi connectivity index (χ1v) is 9.20. The molecule has 25 heavy (non-hydrogen) atoms. The van der Waals surface area contributed by atoms with Crippen LogP contribution in [0.25, 0.3) is 0 Å². The molecule has 0 spiro atoms. The fourth-order valence-corrected chi connectivity index (χ4v) is 4.28. The Morgan fingerprint density at radius 2 is 1.92 bits per heavy atom. The van der Waals surface area contributed by atoms with Gasteiger partial charge in [0.05, 0.1) is 5.54 Å². The molecule has 2 heterocycles. The van der Waals surface area contributed by atoms with Gasteiger partial charge in [0.25, 0.3) is 0 Å². The zero-order valence-electron chi connectivity index (χ0n) is 14.5. The molecule has 2 aliphatic heterocycles. The third-order valence-corrected chi connectivity index (χ3v) is 5.52. The van der Waals surface area contributed by atoms with Crippen molar-refractivity contribution in [2.45, 2.75) is 56.5 Å². The molecule has 1 saturated heterocycles. The molecule has 0 bridgehead atoms. The average molecular weight is 367 g/mol. The van der Waals surface area contributed by atoms with E-state index >= 15 is 0 Å². The van der Waals surface area contributed by atoms with Crippen molar-refractivity contribution < 1.29 is 14.3 Å². The molecule has 1 amide bonds. The van der Waals surface area contributed by atoms with Gasteiger partial charge in [-0.05, 0) is 49.9 Å². The first-order chi connectivity index (χ1) is 11.8. The van der Waals surface area contributed by atoms with E-state index in [1.807, 2.05) is 6.07 Å². The van der Waals surface area contributed by atoms with E-state index in [2.05, 4.69) is 22.8 Å². The first-order valence-electron chi connectivity index (χ1n) is 9.20. The molecule has 1 atom stereocenters. The standard InChI is InChI=1S/C19H26N2O3.ClH/c22-18(13-15-4-3-9-20-15)21-19(7-1-2-8-19)14-5-6-16-17(12-14)24-11-10-23-16;/h5-6,12,15,20H,1-4,7-11,13H2,(H,21,22);1H. The van der Waals surface area contributed by atoms with Crippen LogP contribution in [0.4, 0.5) is 0 Å². The van der Waals surface area contributed by atoms with Crippen molar-refractivity contribution in [3.63, 3.8) is 0 Å². The smallest absolute Gasteiger partial charge is 0.222 e. The Kier molecular flexibility index (Phi) is 5.74. The molecule has 6 heteroatoms. The van der Waals surface area contributed by atoms with Gasteiger partial charge in [-0.3, -0.25) is 4.79 Å². The van der Waals surface area contributed by atoms with E-state index < -0.39 is 0 Å². The number of benzene rings is 1. The number of hydrogen-bond donors (Lipinski definition) is 2. The lowest BCUT2D eigenvalue weighted by Gasteiger charge is -2.32. The van der Waals surface area contributed by atoms with E-state index in [1.54, 1.807) is 0 Å². The lowest BCUT2D eigenvalue weighted by molar-refractivity contribution is -0.123. The maximum atomic E-state index is 12.6. The quantitative estimate of drug-likeness (QED) is 0.860. The number of fused-ring (bicyclic) bond motifs is 1. The number of amides is 1. The van der Waals surface area contributed by atoms with E-state index in [-0.39, 0.29) is 23.9 Å². The van der Waals surface area contributed by atoms with Gasteiger partial charge in [0.15, 0.2) is 11.5 Å². The molecule has 2 fully saturated rings. The second kappa shape index (κ2) is 7.83. The molecule has 2 N–H and O–H groups in total. The van der Waals surface area contributed by atoms with Crippen molar-refractivity contribution >= 4 is 18.3 Å². The topological polar surface area (TPSA) is 59.6 Å². The van der Waals surface area contributed by atoms with E-state index in [9.17, 15) is 4.79 Å². The van der Waals surface area contributed by atoms with Gasteiger partial charge in [-0.1, -0.05) is 18.9 Å². The Hall–Kier alpha value is -1.46. The van der Waals surface area contributed by atoms with Crippen LogP contribution in [-0.2, 0) is 10.3 Å². The van der Waals surface area contributed by atoms with Crippen LogP contribution >= 0.6 is 12.4 Å². The molecule has 0 aromatic heterocycles. The Bertz CT molecular complexity index is 611. The van der Waals surface area contributed by atoms with Gasteiger partial charge in [-0.2, -0.15) is 0 Å². The maximum Gasteiger partial charge on any atom is 0.222 e. The van der Waals surface area contributed by atoms with Crippen LogP contribution in [0.1, 0.15) is 50.5 Å². The molecule has 1 aromatic rings. The number of carbonyl (C=O) groups is 1. The predicted molar refractivity (Wildman–Crippen MR) is 98.6 cm³/mol. The van der Waals surface area contributed by atoms with Crippen LogP contribution < -0.4 is 20.1 Å². The van der Waals surface area contributed by atoms with Crippen molar-refractivity contribution in [2.24, 2.45) is 0 Å². The molecule has 138 valence electrons. The summed E-state index contributed by atoms with van der Waals surface area (Å²) in [5, 5.41) is 6.78. The summed E-state index contributed by atoms with van der Waals surface area (Å²) in [4.78, 5) is 12.6. The molecule has 1 unspecified atom stereocenters. The summed E-state index contributed by atoms with van der Waals surface area (Å²) in [6, 6.07) is 6.47. The van der Waals surface area contributed by atoms with Gasteiger partial charge in [-0.25, -0.2) is 0 Å². The highest BCUT2D eigenvalue weighted by Gasteiger charge is 2.38. The second-order valence-corrected chi connectivity index (χ2v) is 7.19. The van der Waals surface area contributed by atoms with Crippen LogP contribution in [0.2, 0.25) is 0 Å². The number of carbonyl (C=O) groups excluding carboxylic acids is 1. The number of rotatable bonds is 4. The predicted octanol–water partition coefficient (Wildman–Crippen LogP) is 2.91. The number of hydrogen-bond acceptors (Lipinski definition) is 4. The lowest BCUT2D eigenvalue weighted by Crippen LogP contribution is -2.45. The van der Waals surface area contributed by atoms with E-state index in [0.29, 0.717) is 25.7 Å². The average Bonchev–Trinajstić information content (AvgIpc) is 3.27. The molecule has 1 saturated carbocycles. The van der Waals surface area contributed by atoms with Crippen LogP contribution in [-0.4, -0.2) is 31.7 Å². The SMILES string of the molecule is Cl.O=C(CC1CCCN1)NC1(c2ccc3c(c2)OCCO3)CCCC1. The zero-order chi connectivity index (χ0) is 16.4. The molecule has 1 aromatic carbocycles. The van der Waals surface area contributed by atoms with Crippen LogP contribution in [0.15, 0.2) is 18.2 Å². The highest BCUT2D eigenvalue weighted by atomic mass is 35.5. The van der Waals surface area contributed by atoms with Crippen molar-refractivity contribution in [2.75, 3.05) is 19.8 Å². The first kappa shape index (κ1) is 18.3. The summed E-state index contributed by atoms with van der Waals surface area (Å²) in [5.41, 5.74) is 0.905. The van der Waals surface area contributed by atoms with Crippen LogP contribution in [0.3, 0.4) is 0 Å². The van der Waals surface area contributed by atoms with E-state index in [1.165, 1.54) is 6.42 Å². The van der Waals surface area contributed by atoms with Crippen LogP contribution in [0, 0.1) is 0 Å². The summed E-state index contributed by atoms with van der Waals surface area (Å²) < 4.78 is 11.4. The third kappa shape index (κ3) is 3.87. The summed E-state index contributed by atoms with van der Waals surface area (Å²) >= 11 is 0. The molecular weight excluding hydrogens is 340 g/mol. The molecule has 4 rings (SSSR count). The van der Waals surface area contributed by atoms with Gasteiger partial charge in [-0.15, -0.1) is 12.4 Å². The van der Waals surface area contributed by atoms with Crippen LogP contribution in [0.5, 0.6) is 11.5 Å². The fraction of sp³-hybridized carbons (Fsp3) is 0.632. The molecule has 1 aliphatic carbocycles. The van der Waals surface area contributed by atoms with Crippen molar-refractivity contribution in [1.29, 1.82) is 0 Å². The molecular formula is C19H27ClN2O3. The molecule has 0 radical (unpaired) electrons. The Balaban J connectivity index is 0.00000182. The number of nitrogens with one attached hydrogen (secondary N) is 2. The third-order valence-electron chi connectivity index (χ3n) is 5.52. The largest absolute Gasteiger partial charge is 0.486 e. The number of ether oxygens (including phenoxy) is 2. The van der Waals surface area contributed by atoms with E-state index in [4.69, 9.17) is 9.47 Å². The highest BCUT2D eigenvalue weighted by Crippen LogP contribution is 2.42. The Morgan fingerprint density at radius 3 is 2.64 bits per heavy atom. The summed E-state index contributed by atoms with van der Waals surface area (Å²) in [6.45, 7) is 2.22. The van der Waals surface area contributed by atoms with Crippen molar-refractivity contribution in [3.8, 4) is 11.5 Å². The minimum atomic E-state index is -0.245. The van der Waals surface area contributed by atoms with Crippen molar-refractivity contribution in [1.82, 2.24) is 10.6 Å². The summed E-state index contributed by atoms with van der Waals surface area (Å²) in [6.07, 6.45) is 7.14. The summed E-state index contributed by atoms with van der Waals surface area (Å²) in [5.74, 6) is 1.77. The number of halogens is 1. The van der Waals surface area contributed by atoms with Gasteiger partial charge in [0.1, 0.15) is 13.2 Å². The highest BCUT2D eigenvalue weighted by molar-refractivity contribution is 5.85. The minimum absolute atomic E-state index is 0. The molecule has 3 aliphatic rings. The van der Waals surface area contributed by atoms with Gasteiger partial charge in [0, 0.05) is 12.5 Å². The van der Waals surface area contributed by atoms with Gasteiger partial charge >= 0.3 is 0 Å². The Morgan fingerprint density at radius 1 is 1.16 bits per heavy atom. The fourth-order valence-electron chi connectivity index (χ4n) is 4.28. The molecule has 5 nitrogen and oxygen atoms in total. The Labute approximate surface area is 155 Å².